The zero-order valence-electron chi connectivity index (χ0n) is 21.4. The molecule has 0 saturated heterocycles. The lowest BCUT2D eigenvalue weighted by molar-refractivity contribution is 0.0513. The molecule has 4 rings (SSSR count). The molecule has 0 spiro atoms. The van der Waals surface area contributed by atoms with E-state index < -0.39 is 5.97 Å². The first-order chi connectivity index (χ1) is 19.0. The maximum atomic E-state index is 13.3. The Bertz CT molecular complexity index is 1350. The Labute approximate surface area is 222 Å². The molecule has 39 heavy (non-hydrogen) atoms. The molecule has 0 radical (unpaired) electrons. The number of carbonyl (C=O) groups is 1. The quantitative estimate of drug-likeness (QED) is 0.155. The van der Waals surface area contributed by atoms with Gasteiger partial charge in [-0.15, -0.1) is 0 Å². The summed E-state index contributed by atoms with van der Waals surface area (Å²) in [6.07, 6.45) is 1.38. The Kier molecular flexibility index (Phi) is 8.64. The van der Waals surface area contributed by atoms with Crippen molar-refractivity contribution in [2.24, 2.45) is 5.16 Å². The topological polar surface area (TPSA) is 146 Å². The highest BCUT2D eigenvalue weighted by Crippen LogP contribution is 2.35. The van der Waals surface area contributed by atoms with Crippen LogP contribution in [0, 0.1) is 0 Å². The van der Waals surface area contributed by atoms with Crippen LogP contribution in [-0.4, -0.2) is 60.6 Å². The third-order valence-corrected chi connectivity index (χ3v) is 4.89. The van der Waals surface area contributed by atoms with Gasteiger partial charge in [0.05, 0.1) is 46.8 Å². The monoisotopic (exact) mass is 533 g/mol. The molecule has 0 unspecified atom stereocenters. The second kappa shape index (κ2) is 12.7. The van der Waals surface area contributed by atoms with E-state index in [1.807, 2.05) is 18.2 Å². The summed E-state index contributed by atoms with van der Waals surface area (Å²) in [4.78, 5) is 35.0. The highest BCUT2D eigenvalue weighted by molar-refractivity contribution is 5.96. The molecule has 0 fully saturated rings. The van der Waals surface area contributed by atoms with Crippen LogP contribution in [0.2, 0.25) is 0 Å². The summed E-state index contributed by atoms with van der Waals surface area (Å²) in [6, 6.07) is 16.3. The number of nitrogens with zero attached hydrogens (tertiary/aromatic N) is 5. The molecule has 0 N–H and O–H groups in total. The van der Waals surface area contributed by atoms with E-state index in [-0.39, 0.29) is 52.6 Å². The summed E-state index contributed by atoms with van der Waals surface area (Å²) in [5.41, 5.74) is 0.568. The van der Waals surface area contributed by atoms with Crippen LogP contribution in [0.3, 0.4) is 0 Å². The largest absolute Gasteiger partial charge is 0.481 e. The van der Waals surface area contributed by atoms with Crippen LogP contribution in [-0.2, 0) is 4.84 Å². The smallest absolute Gasteiger partial charge is 0.373 e. The van der Waals surface area contributed by atoms with Gasteiger partial charge in [0.2, 0.25) is 23.5 Å². The SMILES string of the molecule is COc1cc(OC)nc(Oc2cccc(Oc3nc(OC)cc(OC)n3)c2C(=O)ON=Cc2ccccc2)n1. The summed E-state index contributed by atoms with van der Waals surface area (Å²) in [5.74, 6) is -0.224. The van der Waals surface area contributed by atoms with Crippen LogP contribution in [0.25, 0.3) is 0 Å². The summed E-state index contributed by atoms with van der Waals surface area (Å²) < 4.78 is 32.4. The van der Waals surface area contributed by atoms with Gasteiger partial charge in [-0.2, -0.15) is 19.9 Å². The van der Waals surface area contributed by atoms with Crippen LogP contribution in [0.4, 0.5) is 0 Å². The number of hydrogen-bond donors (Lipinski definition) is 0. The van der Waals surface area contributed by atoms with E-state index in [9.17, 15) is 4.79 Å². The van der Waals surface area contributed by atoms with Crippen molar-refractivity contribution in [3.8, 4) is 47.0 Å². The van der Waals surface area contributed by atoms with Gasteiger partial charge < -0.3 is 33.3 Å². The van der Waals surface area contributed by atoms with Crippen LogP contribution < -0.4 is 28.4 Å². The van der Waals surface area contributed by atoms with Crippen molar-refractivity contribution in [2.75, 3.05) is 28.4 Å². The lowest BCUT2D eigenvalue weighted by Crippen LogP contribution is -2.08. The number of carbonyl (C=O) groups excluding carboxylic acids is 1. The van der Waals surface area contributed by atoms with Gasteiger partial charge in [-0.3, -0.25) is 0 Å². The molecule has 0 atom stereocenters. The number of aromatic nitrogens is 4. The lowest BCUT2D eigenvalue weighted by atomic mass is 10.2. The van der Waals surface area contributed by atoms with E-state index >= 15 is 0 Å². The van der Waals surface area contributed by atoms with E-state index in [0.717, 1.165) is 5.56 Å². The lowest BCUT2D eigenvalue weighted by Gasteiger charge is -2.14. The third kappa shape index (κ3) is 6.85. The first kappa shape index (κ1) is 26.6. The number of ether oxygens (including phenoxy) is 6. The first-order valence-corrected chi connectivity index (χ1v) is 11.3. The van der Waals surface area contributed by atoms with Crippen molar-refractivity contribution >= 4 is 12.2 Å². The molecule has 0 bridgehead atoms. The normalized spacial score (nSPS) is 10.6. The van der Waals surface area contributed by atoms with Gasteiger partial charge in [-0.05, 0) is 17.7 Å². The number of methoxy groups -OCH3 is 4. The fourth-order valence-electron chi connectivity index (χ4n) is 3.08. The minimum Gasteiger partial charge on any atom is -0.481 e. The Hall–Kier alpha value is -5.46. The van der Waals surface area contributed by atoms with Crippen LogP contribution in [0.5, 0.6) is 47.0 Å². The Morgan fingerprint density at radius 2 is 1.13 bits per heavy atom. The Morgan fingerprint density at radius 1 is 0.667 bits per heavy atom. The second-order valence-corrected chi connectivity index (χ2v) is 7.33. The molecule has 200 valence electrons. The highest BCUT2D eigenvalue weighted by Gasteiger charge is 2.24. The maximum absolute atomic E-state index is 13.3. The van der Waals surface area contributed by atoms with Crippen LogP contribution in [0.15, 0.2) is 65.8 Å². The predicted octanol–water partition coefficient (Wildman–Crippen LogP) is 4.08. The zero-order chi connectivity index (χ0) is 27.6. The molecule has 2 aromatic heterocycles. The molecule has 4 aromatic rings. The molecule has 13 heteroatoms. The average molecular weight is 533 g/mol. The van der Waals surface area contributed by atoms with Crippen molar-refractivity contribution in [3.05, 3.63) is 71.8 Å². The standard InChI is InChI=1S/C26H23N5O8/c1-33-19-13-20(34-2)29-25(28-19)37-17-11-8-12-18(38-26-30-21(35-3)14-22(31-26)36-4)23(17)24(32)39-27-15-16-9-6-5-7-10-16/h5-15H,1-4H3. The van der Waals surface area contributed by atoms with Crippen LogP contribution >= 0.6 is 0 Å². The Morgan fingerprint density at radius 3 is 1.56 bits per heavy atom. The predicted molar refractivity (Wildman–Crippen MR) is 136 cm³/mol. The van der Waals surface area contributed by atoms with Crippen molar-refractivity contribution in [1.29, 1.82) is 0 Å². The van der Waals surface area contributed by atoms with Crippen molar-refractivity contribution < 1.29 is 38.1 Å². The minimum absolute atomic E-state index is 0.0161. The highest BCUT2D eigenvalue weighted by atomic mass is 16.7. The van der Waals surface area contributed by atoms with Gasteiger partial charge in [0.15, 0.2) is 0 Å². The molecule has 0 amide bonds. The summed E-state index contributed by atoms with van der Waals surface area (Å²) in [7, 11) is 5.71. The van der Waals surface area contributed by atoms with E-state index in [1.165, 1.54) is 58.9 Å². The third-order valence-electron chi connectivity index (χ3n) is 4.89. The summed E-state index contributed by atoms with van der Waals surface area (Å²) in [6.45, 7) is 0. The molecular weight excluding hydrogens is 510 g/mol. The fourth-order valence-corrected chi connectivity index (χ4v) is 3.08. The van der Waals surface area contributed by atoms with Gasteiger partial charge in [0.25, 0.3) is 0 Å². The molecule has 2 heterocycles. The fraction of sp³-hybridized carbons (Fsp3) is 0.154. The zero-order valence-corrected chi connectivity index (χ0v) is 21.4. The molecular formula is C26H23N5O8. The van der Waals surface area contributed by atoms with Crippen molar-refractivity contribution in [1.82, 2.24) is 19.9 Å². The molecule has 0 saturated carbocycles. The van der Waals surface area contributed by atoms with Gasteiger partial charge in [0.1, 0.15) is 17.1 Å². The summed E-state index contributed by atoms with van der Waals surface area (Å²) in [5, 5.41) is 3.80. The molecule has 13 nitrogen and oxygen atoms in total. The number of benzene rings is 2. The van der Waals surface area contributed by atoms with Crippen molar-refractivity contribution in [3.63, 3.8) is 0 Å². The number of rotatable bonds is 11. The van der Waals surface area contributed by atoms with Gasteiger partial charge in [-0.25, -0.2) is 4.79 Å². The van der Waals surface area contributed by atoms with E-state index in [2.05, 4.69) is 25.1 Å². The maximum Gasteiger partial charge on any atom is 0.373 e. The minimum atomic E-state index is -0.905. The van der Waals surface area contributed by atoms with Crippen LogP contribution in [0.1, 0.15) is 15.9 Å². The van der Waals surface area contributed by atoms with E-state index in [4.69, 9.17) is 33.3 Å². The van der Waals surface area contributed by atoms with E-state index in [0.29, 0.717) is 0 Å². The first-order valence-electron chi connectivity index (χ1n) is 11.3. The van der Waals surface area contributed by atoms with Gasteiger partial charge in [-0.1, -0.05) is 41.6 Å². The second-order valence-electron chi connectivity index (χ2n) is 7.33. The Balaban J connectivity index is 1.72. The van der Waals surface area contributed by atoms with Gasteiger partial charge >= 0.3 is 18.0 Å². The molecule has 0 aliphatic rings. The summed E-state index contributed by atoms with van der Waals surface area (Å²) >= 11 is 0. The average Bonchev–Trinajstić information content (AvgIpc) is 2.97. The number of oxime groups is 1. The number of hydrogen-bond acceptors (Lipinski definition) is 13. The van der Waals surface area contributed by atoms with Crippen molar-refractivity contribution in [2.45, 2.75) is 0 Å². The molecule has 0 aliphatic heterocycles. The van der Waals surface area contributed by atoms with E-state index in [1.54, 1.807) is 18.2 Å². The van der Waals surface area contributed by atoms with Gasteiger partial charge in [0, 0.05) is 0 Å². The molecule has 2 aromatic carbocycles. The molecule has 0 aliphatic carbocycles.